The van der Waals surface area contributed by atoms with Gasteiger partial charge in [0.15, 0.2) is 0 Å². The Kier molecular flexibility index (Phi) is 2.35. The van der Waals surface area contributed by atoms with Crippen LogP contribution >= 0.6 is 15.9 Å². The minimum absolute atomic E-state index is 0.686. The summed E-state index contributed by atoms with van der Waals surface area (Å²) < 4.78 is 5.78. The van der Waals surface area contributed by atoms with E-state index >= 15 is 0 Å². The SMILES string of the molecule is C#COc1ccc(Br)cc1. The van der Waals surface area contributed by atoms with E-state index in [2.05, 4.69) is 22.0 Å². The van der Waals surface area contributed by atoms with E-state index in [0.717, 1.165) is 4.47 Å². The summed E-state index contributed by atoms with van der Waals surface area (Å²) in [7, 11) is 0. The largest absolute Gasteiger partial charge is 0.408 e. The summed E-state index contributed by atoms with van der Waals surface area (Å²) in [4.78, 5) is 0. The van der Waals surface area contributed by atoms with Crippen molar-refractivity contribution >= 4 is 15.9 Å². The number of benzene rings is 1. The fraction of sp³-hybridized carbons (Fsp3) is 0. The highest BCUT2D eigenvalue weighted by Crippen LogP contribution is 2.15. The van der Waals surface area contributed by atoms with Crippen LogP contribution in [0.3, 0.4) is 0 Å². The van der Waals surface area contributed by atoms with E-state index in [0.29, 0.717) is 5.75 Å². The number of hydrogen-bond donors (Lipinski definition) is 0. The van der Waals surface area contributed by atoms with Crippen LogP contribution in [0.1, 0.15) is 0 Å². The highest BCUT2D eigenvalue weighted by Gasteiger charge is 1.88. The average molecular weight is 197 g/mol. The van der Waals surface area contributed by atoms with Crippen LogP contribution in [0.15, 0.2) is 28.7 Å². The fourth-order valence-corrected chi connectivity index (χ4v) is 0.835. The van der Waals surface area contributed by atoms with Gasteiger partial charge in [0.25, 0.3) is 0 Å². The molecule has 0 atom stereocenters. The predicted molar refractivity (Wildman–Crippen MR) is 43.6 cm³/mol. The van der Waals surface area contributed by atoms with Gasteiger partial charge in [-0.3, -0.25) is 0 Å². The second-order valence-corrected chi connectivity index (χ2v) is 2.59. The minimum Gasteiger partial charge on any atom is -0.408 e. The Balaban J connectivity index is 2.81. The normalized spacial score (nSPS) is 8.40. The van der Waals surface area contributed by atoms with Crippen molar-refractivity contribution in [1.29, 1.82) is 0 Å². The Bertz CT molecular complexity index is 245. The number of halogens is 1. The quantitative estimate of drug-likeness (QED) is 0.628. The maximum Gasteiger partial charge on any atom is 0.140 e. The Hall–Kier alpha value is -0.940. The maximum atomic E-state index is 4.91. The zero-order valence-electron chi connectivity index (χ0n) is 5.17. The van der Waals surface area contributed by atoms with Gasteiger partial charge < -0.3 is 4.74 Å². The van der Waals surface area contributed by atoms with Gasteiger partial charge in [-0.2, -0.15) is 0 Å². The molecule has 0 heterocycles. The topological polar surface area (TPSA) is 9.23 Å². The number of ether oxygens (including phenoxy) is 1. The lowest BCUT2D eigenvalue weighted by Crippen LogP contribution is -1.79. The van der Waals surface area contributed by atoms with Crippen LogP contribution in [0.2, 0.25) is 0 Å². The third-order valence-corrected chi connectivity index (χ3v) is 1.52. The third-order valence-electron chi connectivity index (χ3n) is 0.990. The lowest BCUT2D eigenvalue weighted by atomic mass is 10.3. The van der Waals surface area contributed by atoms with Gasteiger partial charge in [-0.05, 0) is 24.3 Å². The molecule has 1 nitrogen and oxygen atoms in total. The van der Waals surface area contributed by atoms with Crippen LogP contribution < -0.4 is 4.74 Å². The molecule has 2 heteroatoms. The summed E-state index contributed by atoms with van der Waals surface area (Å²) in [6.45, 7) is 0. The van der Waals surface area contributed by atoms with Gasteiger partial charge in [0.05, 0.1) is 0 Å². The predicted octanol–water partition coefficient (Wildman–Crippen LogP) is 2.42. The zero-order valence-corrected chi connectivity index (χ0v) is 6.76. The van der Waals surface area contributed by atoms with E-state index in [4.69, 9.17) is 11.2 Å². The molecule has 1 rings (SSSR count). The van der Waals surface area contributed by atoms with E-state index in [1.807, 2.05) is 12.1 Å². The van der Waals surface area contributed by atoms with Gasteiger partial charge in [-0.1, -0.05) is 22.4 Å². The molecular formula is C8H5BrO. The molecule has 0 saturated heterocycles. The van der Waals surface area contributed by atoms with Gasteiger partial charge >= 0.3 is 0 Å². The van der Waals surface area contributed by atoms with Crippen molar-refractivity contribution in [2.45, 2.75) is 0 Å². The summed E-state index contributed by atoms with van der Waals surface area (Å²) in [5.41, 5.74) is 0. The van der Waals surface area contributed by atoms with Crippen LogP contribution in [0.5, 0.6) is 5.75 Å². The summed E-state index contributed by atoms with van der Waals surface area (Å²) >= 11 is 3.29. The molecule has 0 unspecified atom stereocenters. The van der Waals surface area contributed by atoms with E-state index < -0.39 is 0 Å². The standard InChI is InChI=1S/C8H5BrO/c1-2-10-8-5-3-7(9)4-6-8/h1,3-6H. The van der Waals surface area contributed by atoms with Crippen molar-refractivity contribution in [3.63, 3.8) is 0 Å². The molecule has 0 radical (unpaired) electrons. The molecule has 0 bridgehead atoms. The lowest BCUT2D eigenvalue weighted by molar-refractivity contribution is 0.520. The van der Waals surface area contributed by atoms with Gasteiger partial charge in [0.2, 0.25) is 0 Å². The van der Waals surface area contributed by atoms with Crippen molar-refractivity contribution < 1.29 is 4.74 Å². The summed E-state index contributed by atoms with van der Waals surface area (Å²) in [5, 5.41) is 0. The molecule has 0 fully saturated rings. The first-order valence-corrected chi connectivity index (χ1v) is 3.50. The van der Waals surface area contributed by atoms with Crippen LogP contribution in [0, 0.1) is 12.5 Å². The Labute approximate surface area is 68.1 Å². The number of rotatable bonds is 1. The molecule has 1 aromatic rings. The highest BCUT2D eigenvalue weighted by atomic mass is 79.9. The summed E-state index contributed by atoms with van der Waals surface area (Å²) in [6.07, 6.45) is 7.00. The van der Waals surface area contributed by atoms with Crippen LogP contribution in [-0.2, 0) is 0 Å². The Morgan fingerprint density at radius 3 is 2.40 bits per heavy atom. The van der Waals surface area contributed by atoms with Gasteiger partial charge in [0, 0.05) is 4.47 Å². The molecule has 50 valence electrons. The molecule has 0 aromatic heterocycles. The van der Waals surface area contributed by atoms with Crippen LogP contribution in [0.25, 0.3) is 0 Å². The first kappa shape index (κ1) is 7.17. The van der Waals surface area contributed by atoms with Crippen molar-refractivity contribution in [1.82, 2.24) is 0 Å². The fourth-order valence-electron chi connectivity index (χ4n) is 0.571. The number of terminal acetylenes is 1. The Morgan fingerprint density at radius 2 is 1.90 bits per heavy atom. The Morgan fingerprint density at radius 1 is 1.30 bits per heavy atom. The minimum atomic E-state index is 0.686. The third kappa shape index (κ3) is 1.78. The zero-order chi connectivity index (χ0) is 7.40. The van der Waals surface area contributed by atoms with E-state index in [9.17, 15) is 0 Å². The van der Waals surface area contributed by atoms with Gasteiger partial charge in [0.1, 0.15) is 11.9 Å². The molecule has 0 amide bonds. The average Bonchev–Trinajstić information content (AvgIpc) is 1.95. The van der Waals surface area contributed by atoms with Crippen molar-refractivity contribution in [2.75, 3.05) is 0 Å². The lowest BCUT2D eigenvalue weighted by Gasteiger charge is -1.94. The smallest absolute Gasteiger partial charge is 0.140 e. The first-order chi connectivity index (χ1) is 4.83. The van der Waals surface area contributed by atoms with E-state index in [1.165, 1.54) is 0 Å². The maximum absolute atomic E-state index is 4.91. The summed E-state index contributed by atoms with van der Waals surface area (Å²) in [6, 6.07) is 7.33. The molecular weight excluding hydrogens is 192 g/mol. The van der Waals surface area contributed by atoms with E-state index in [-0.39, 0.29) is 0 Å². The first-order valence-electron chi connectivity index (χ1n) is 2.71. The molecule has 0 N–H and O–H groups in total. The van der Waals surface area contributed by atoms with Crippen LogP contribution in [-0.4, -0.2) is 0 Å². The highest BCUT2D eigenvalue weighted by molar-refractivity contribution is 9.10. The number of hydrogen-bond acceptors (Lipinski definition) is 1. The van der Waals surface area contributed by atoms with Crippen molar-refractivity contribution in [2.24, 2.45) is 0 Å². The molecule has 10 heavy (non-hydrogen) atoms. The van der Waals surface area contributed by atoms with Crippen LogP contribution in [0.4, 0.5) is 0 Å². The molecule has 0 aliphatic heterocycles. The molecule has 0 aliphatic carbocycles. The van der Waals surface area contributed by atoms with E-state index in [1.54, 1.807) is 12.1 Å². The van der Waals surface area contributed by atoms with Gasteiger partial charge in [-0.15, -0.1) is 0 Å². The summed E-state index contributed by atoms with van der Waals surface area (Å²) in [5.74, 6) is 0.686. The molecule has 0 saturated carbocycles. The second-order valence-electron chi connectivity index (χ2n) is 1.67. The monoisotopic (exact) mass is 196 g/mol. The molecule has 1 aromatic carbocycles. The van der Waals surface area contributed by atoms with Gasteiger partial charge in [-0.25, -0.2) is 0 Å². The molecule has 0 aliphatic rings. The molecule has 0 spiro atoms. The van der Waals surface area contributed by atoms with Crippen molar-refractivity contribution in [3.8, 4) is 18.3 Å². The second kappa shape index (κ2) is 3.28. The van der Waals surface area contributed by atoms with Crippen molar-refractivity contribution in [3.05, 3.63) is 28.7 Å².